The third-order valence-electron chi connectivity index (χ3n) is 4.87. The Labute approximate surface area is 163 Å². The van der Waals surface area contributed by atoms with Crippen LogP contribution in [-0.2, 0) is 16.6 Å². The Morgan fingerprint density at radius 2 is 1.71 bits per heavy atom. The Kier molecular flexibility index (Phi) is 6.22. The minimum absolute atomic E-state index is 0.120. The molecule has 0 spiro atoms. The van der Waals surface area contributed by atoms with Gasteiger partial charge in [-0.2, -0.15) is 0 Å². The van der Waals surface area contributed by atoms with Crippen LogP contribution in [0.3, 0.4) is 0 Å². The molecule has 0 aromatic heterocycles. The average Bonchev–Trinajstić information content (AvgIpc) is 2.66. The number of piperidine rings is 1. The van der Waals surface area contributed by atoms with Crippen molar-refractivity contribution in [3.05, 3.63) is 65.2 Å². The number of hydrogen-bond acceptors (Lipinski definition) is 4. The molecule has 2 aromatic carbocycles. The molecule has 0 atom stereocenters. The molecule has 1 N–H and O–H groups in total. The molecule has 5 nitrogen and oxygen atoms in total. The van der Waals surface area contributed by atoms with Gasteiger partial charge in [0.15, 0.2) is 17.4 Å². The number of carbonyl (C=O) groups is 1. The summed E-state index contributed by atoms with van der Waals surface area (Å²) in [7, 11) is -3.66. The van der Waals surface area contributed by atoms with Crippen LogP contribution in [0, 0.1) is 11.6 Å². The van der Waals surface area contributed by atoms with Gasteiger partial charge in [-0.3, -0.25) is 9.69 Å². The van der Waals surface area contributed by atoms with Gasteiger partial charge in [-0.25, -0.2) is 21.9 Å². The summed E-state index contributed by atoms with van der Waals surface area (Å²) in [6.45, 7) is 3.21. The minimum Gasteiger partial charge on any atom is -0.299 e. The van der Waals surface area contributed by atoms with Crippen molar-refractivity contribution in [2.45, 2.75) is 37.2 Å². The van der Waals surface area contributed by atoms with Crippen molar-refractivity contribution in [2.75, 3.05) is 13.1 Å². The molecule has 0 radical (unpaired) electrons. The van der Waals surface area contributed by atoms with E-state index < -0.39 is 21.7 Å². The third-order valence-corrected chi connectivity index (χ3v) is 6.41. The molecular formula is C20H22F2N2O3S. The number of halogens is 2. The number of nitrogens with one attached hydrogen (secondary N) is 1. The summed E-state index contributed by atoms with van der Waals surface area (Å²) < 4.78 is 54.1. The SMILES string of the molecule is CC(=O)c1ccc(S(=O)(=O)NC2CCN(Cc3ccc(F)c(F)c3)CC2)cc1. The van der Waals surface area contributed by atoms with Gasteiger partial charge in [0, 0.05) is 31.2 Å². The van der Waals surface area contributed by atoms with E-state index in [0.717, 1.165) is 6.07 Å². The van der Waals surface area contributed by atoms with Crippen LogP contribution in [0.25, 0.3) is 0 Å². The predicted octanol–water partition coefficient (Wildman–Crippen LogP) is 3.11. The van der Waals surface area contributed by atoms with Crippen molar-refractivity contribution in [3.63, 3.8) is 0 Å². The monoisotopic (exact) mass is 408 g/mol. The molecule has 0 bridgehead atoms. The summed E-state index contributed by atoms with van der Waals surface area (Å²) in [6.07, 6.45) is 1.24. The first kappa shape index (κ1) is 20.6. The first-order chi connectivity index (χ1) is 13.2. The van der Waals surface area contributed by atoms with Gasteiger partial charge in [0.25, 0.3) is 0 Å². The topological polar surface area (TPSA) is 66.5 Å². The number of sulfonamides is 1. The van der Waals surface area contributed by atoms with Gasteiger partial charge in [0.05, 0.1) is 4.90 Å². The molecule has 1 heterocycles. The van der Waals surface area contributed by atoms with Gasteiger partial charge in [0.2, 0.25) is 10.0 Å². The highest BCUT2D eigenvalue weighted by Gasteiger charge is 2.25. The van der Waals surface area contributed by atoms with Crippen LogP contribution in [0.15, 0.2) is 47.4 Å². The van der Waals surface area contributed by atoms with Crippen molar-refractivity contribution in [3.8, 4) is 0 Å². The van der Waals surface area contributed by atoms with Gasteiger partial charge < -0.3 is 0 Å². The van der Waals surface area contributed by atoms with Gasteiger partial charge >= 0.3 is 0 Å². The lowest BCUT2D eigenvalue weighted by atomic mass is 10.1. The van der Waals surface area contributed by atoms with Crippen molar-refractivity contribution in [1.82, 2.24) is 9.62 Å². The molecule has 3 rings (SSSR count). The first-order valence-corrected chi connectivity index (χ1v) is 10.5. The van der Waals surface area contributed by atoms with Crippen molar-refractivity contribution < 1.29 is 22.0 Å². The van der Waals surface area contributed by atoms with Crippen molar-refractivity contribution in [1.29, 1.82) is 0 Å². The van der Waals surface area contributed by atoms with E-state index >= 15 is 0 Å². The maximum Gasteiger partial charge on any atom is 0.240 e. The zero-order valence-corrected chi connectivity index (χ0v) is 16.3. The number of ketones is 1. The summed E-state index contributed by atoms with van der Waals surface area (Å²) in [5, 5.41) is 0. The van der Waals surface area contributed by atoms with Crippen LogP contribution in [0.2, 0.25) is 0 Å². The molecule has 1 aliphatic rings. The van der Waals surface area contributed by atoms with Gasteiger partial charge in [-0.15, -0.1) is 0 Å². The van der Waals surface area contributed by atoms with Crippen molar-refractivity contribution >= 4 is 15.8 Å². The quantitative estimate of drug-likeness (QED) is 0.746. The number of carbonyl (C=O) groups excluding carboxylic acids is 1. The number of likely N-dealkylation sites (tertiary alicyclic amines) is 1. The normalized spacial score (nSPS) is 16.2. The molecule has 1 saturated heterocycles. The zero-order chi connectivity index (χ0) is 20.3. The molecule has 1 fully saturated rings. The molecule has 0 amide bonds. The fraction of sp³-hybridized carbons (Fsp3) is 0.350. The Morgan fingerprint density at radius 3 is 2.29 bits per heavy atom. The summed E-state index contributed by atoms with van der Waals surface area (Å²) in [5.41, 5.74) is 1.15. The molecule has 8 heteroatoms. The maximum absolute atomic E-state index is 13.3. The first-order valence-electron chi connectivity index (χ1n) is 9.04. The van der Waals surface area contributed by atoms with E-state index in [2.05, 4.69) is 9.62 Å². The summed E-state index contributed by atoms with van der Waals surface area (Å²) in [4.78, 5) is 13.5. The van der Waals surface area contributed by atoms with Crippen molar-refractivity contribution in [2.24, 2.45) is 0 Å². The Hall–Kier alpha value is -2.16. The summed E-state index contributed by atoms with van der Waals surface area (Å²) in [5.74, 6) is -1.85. The maximum atomic E-state index is 13.3. The lowest BCUT2D eigenvalue weighted by molar-refractivity contribution is 0.101. The molecule has 1 aliphatic heterocycles. The van der Waals surface area contributed by atoms with E-state index in [0.29, 0.717) is 43.6 Å². The fourth-order valence-electron chi connectivity index (χ4n) is 3.26. The summed E-state index contributed by atoms with van der Waals surface area (Å²) in [6, 6.07) is 9.52. The molecule has 0 unspecified atom stereocenters. The van der Waals surface area contributed by atoms with Crippen LogP contribution < -0.4 is 4.72 Å². The molecule has 150 valence electrons. The smallest absolute Gasteiger partial charge is 0.240 e. The standard InChI is InChI=1S/C20H22F2N2O3S/c1-14(25)16-3-5-18(6-4-16)28(26,27)23-17-8-10-24(11-9-17)13-15-2-7-19(21)20(22)12-15/h2-7,12,17,23H,8-11,13H2,1H3. The minimum atomic E-state index is -3.66. The molecule has 2 aromatic rings. The van der Waals surface area contributed by atoms with Gasteiger partial charge in [0.1, 0.15) is 0 Å². The molecular weight excluding hydrogens is 386 g/mol. The number of benzene rings is 2. The Bertz CT molecular complexity index is 954. The molecule has 0 aliphatic carbocycles. The van der Waals surface area contributed by atoms with Crippen LogP contribution >= 0.6 is 0 Å². The number of Topliss-reactive ketones (excluding diaryl/α,β-unsaturated/α-hetero) is 1. The van der Waals surface area contributed by atoms with Crippen LogP contribution in [0.1, 0.15) is 35.7 Å². The molecule has 28 heavy (non-hydrogen) atoms. The lowest BCUT2D eigenvalue weighted by Crippen LogP contribution is -2.44. The highest BCUT2D eigenvalue weighted by molar-refractivity contribution is 7.89. The number of rotatable bonds is 6. The van der Waals surface area contributed by atoms with E-state index in [-0.39, 0.29) is 16.7 Å². The van der Waals surface area contributed by atoms with E-state index in [4.69, 9.17) is 0 Å². The second-order valence-corrected chi connectivity index (χ2v) is 8.71. The van der Waals surface area contributed by atoms with E-state index in [1.807, 2.05) is 0 Å². The highest BCUT2D eigenvalue weighted by atomic mass is 32.2. The van der Waals surface area contributed by atoms with Gasteiger partial charge in [-0.05, 0) is 49.6 Å². The number of hydrogen-bond donors (Lipinski definition) is 1. The highest BCUT2D eigenvalue weighted by Crippen LogP contribution is 2.18. The lowest BCUT2D eigenvalue weighted by Gasteiger charge is -2.32. The fourth-order valence-corrected chi connectivity index (χ4v) is 4.57. The van der Waals surface area contributed by atoms with Crippen LogP contribution in [0.5, 0.6) is 0 Å². The van der Waals surface area contributed by atoms with E-state index in [1.54, 1.807) is 6.07 Å². The van der Waals surface area contributed by atoms with E-state index in [9.17, 15) is 22.0 Å². The predicted molar refractivity (Wildman–Crippen MR) is 101 cm³/mol. The largest absolute Gasteiger partial charge is 0.299 e. The van der Waals surface area contributed by atoms with Crippen LogP contribution in [-0.4, -0.2) is 38.2 Å². The Balaban J connectivity index is 1.55. The van der Waals surface area contributed by atoms with E-state index in [1.165, 1.54) is 37.3 Å². The number of nitrogens with zero attached hydrogens (tertiary/aromatic N) is 1. The van der Waals surface area contributed by atoms with Crippen LogP contribution in [0.4, 0.5) is 8.78 Å². The third kappa shape index (κ3) is 5.01. The molecule has 0 saturated carbocycles. The van der Waals surface area contributed by atoms with Gasteiger partial charge in [-0.1, -0.05) is 18.2 Å². The zero-order valence-electron chi connectivity index (χ0n) is 15.5. The Morgan fingerprint density at radius 1 is 1.07 bits per heavy atom. The second kappa shape index (κ2) is 8.46. The summed E-state index contributed by atoms with van der Waals surface area (Å²) >= 11 is 0. The second-order valence-electron chi connectivity index (χ2n) is 7.00. The average molecular weight is 408 g/mol.